The molecule has 2 saturated heterocycles. The SMILES string of the molecule is CC(=O)NSC[C@@H]1CN(c2ccc(N3CCC(=C(N)[C@H](C)C#N)CC3)c(F)c2)C(=O)O1. The molecule has 0 aromatic heterocycles. The van der Waals surface area contributed by atoms with Crippen LogP contribution >= 0.6 is 11.9 Å². The van der Waals surface area contributed by atoms with Gasteiger partial charge in [-0.25, -0.2) is 9.18 Å². The van der Waals surface area contributed by atoms with Crippen molar-refractivity contribution < 1.29 is 18.7 Å². The number of piperidine rings is 1. The predicted octanol–water partition coefficient (Wildman–Crippen LogP) is 2.91. The fraction of sp³-hybridized carbons (Fsp3) is 0.476. The molecule has 0 radical (unpaired) electrons. The Bertz CT molecular complexity index is 922. The highest BCUT2D eigenvalue weighted by molar-refractivity contribution is 7.97. The van der Waals surface area contributed by atoms with Crippen molar-refractivity contribution in [2.75, 3.05) is 35.2 Å². The molecule has 2 amide bonds. The average molecular weight is 448 g/mol. The van der Waals surface area contributed by atoms with E-state index in [1.54, 1.807) is 19.1 Å². The summed E-state index contributed by atoms with van der Waals surface area (Å²) >= 11 is 1.17. The molecule has 8 nitrogen and oxygen atoms in total. The van der Waals surface area contributed by atoms with Crippen molar-refractivity contribution in [3.05, 3.63) is 35.3 Å². The summed E-state index contributed by atoms with van der Waals surface area (Å²) in [5, 5.41) is 9.04. The zero-order valence-electron chi connectivity index (χ0n) is 17.6. The molecule has 10 heteroatoms. The number of ether oxygens (including phenoxy) is 1. The van der Waals surface area contributed by atoms with Crippen molar-refractivity contribution in [1.29, 1.82) is 5.26 Å². The molecular formula is C21H26FN5O3S. The molecule has 3 N–H and O–H groups in total. The van der Waals surface area contributed by atoms with Gasteiger partial charge < -0.3 is 20.1 Å². The van der Waals surface area contributed by atoms with E-state index in [1.807, 2.05) is 4.90 Å². The summed E-state index contributed by atoms with van der Waals surface area (Å²) in [6.45, 7) is 4.70. The molecule has 0 saturated carbocycles. The van der Waals surface area contributed by atoms with Gasteiger partial charge in [-0.1, -0.05) is 0 Å². The third-order valence-electron chi connectivity index (χ3n) is 5.38. The number of nitrogens with one attached hydrogen (secondary N) is 1. The molecule has 0 spiro atoms. The zero-order chi connectivity index (χ0) is 22.5. The highest BCUT2D eigenvalue weighted by atomic mass is 32.2. The van der Waals surface area contributed by atoms with Crippen LogP contribution in [-0.2, 0) is 9.53 Å². The third-order valence-corrected chi connectivity index (χ3v) is 6.35. The molecule has 2 fully saturated rings. The summed E-state index contributed by atoms with van der Waals surface area (Å²) in [7, 11) is 0. The monoisotopic (exact) mass is 447 g/mol. The Labute approximate surface area is 185 Å². The van der Waals surface area contributed by atoms with Crippen molar-refractivity contribution in [3.63, 3.8) is 0 Å². The fourth-order valence-corrected chi connectivity index (χ4v) is 4.30. The average Bonchev–Trinajstić information content (AvgIpc) is 3.12. The number of nitrogens with zero attached hydrogens (tertiary/aromatic N) is 3. The zero-order valence-corrected chi connectivity index (χ0v) is 18.4. The number of allylic oxidation sites excluding steroid dienone is 1. The molecule has 0 bridgehead atoms. The number of anilines is 2. The van der Waals surface area contributed by atoms with Crippen LogP contribution in [0.3, 0.4) is 0 Å². The van der Waals surface area contributed by atoms with Crippen molar-refractivity contribution in [2.45, 2.75) is 32.8 Å². The van der Waals surface area contributed by atoms with E-state index in [0.29, 0.717) is 55.3 Å². The summed E-state index contributed by atoms with van der Waals surface area (Å²) in [6.07, 6.45) is 0.451. The van der Waals surface area contributed by atoms with E-state index in [2.05, 4.69) is 10.8 Å². The number of nitrogens with two attached hydrogens (primary N) is 1. The highest BCUT2D eigenvalue weighted by Crippen LogP contribution is 2.31. The summed E-state index contributed by atoms with van der Waals surface area (Å²) in [5.74, 6) is -0.489. The third kappa shape index (κ3) is 5.41. The van der Waals surface area contributed by atoms with Gasteiger partial charge in [0.15, 0.2) is 0 Å². The number of rotatable bonds is 6. The maximum absolute atomic E-state index is 14.9. The standard InChI is InChI=1S/C21H26FN5O3S/c1-13(10-23)20(24)15-5-7-26(8-6-15)19-4-3-16(9-18(19)22)27-11-17(30-21(27)29)12-31-25-14(2)28/h3-4,9,13,17H,5-8,11-12,24H2,1-2H3,(H,25,28)/t13-,17+/m1/s1. The van der Waals surface area contributed by atoms with Gasteiger partial charge in [0.2, 0.25) is 5.91 Å². The van der Waals surface area contributed by atoms with Gasteiger partial charge in [0.1, 0.15) is 11.9 Å². The first kappa shape index (κ1) is 22.7. The second kappa shape index (κ2) is 9.92. The Kier molecular flexibility index (Phi) is 7.28. The molecule has 1 aromatic rings. The maximum Gasteiger partial charge on any atom is 0.414 e. The van der Waals surface area contributed by atoms with Crippen LogP contribution in [0.5, 0.6) is 0 Å². The van der Waals surface area contributed by atoms with Crippen LogP contribution < -0.4 is 20.3 Å². The molecule has 166 valence electrons. The summed E-state index contributed by atoms with van der Waals surface area (Å²) in [5.41, 5.74) is 8.66. The normalized spacial score (nSPS) is 19.6. The van der Waals surface area contributed by atoms with Crippen LogP contribution in [0.15, 0.2) is 29.5 Å². The lowest BCUT2D eigenvalue weighted by atomic mass is 9.96. The van der Waals surface area contributed by atoms with Gasteiger partial charge in [-0.2, -0.15) is 5.26 Å². The molecular weight excluding hydrogens is 421 g/mol. The highest BCUT2D eigenvalue weighted by Gasteiger charge is 2.33. The Balaban J connectivity index is 1.63. The van der Waals surface area contributed by atoms with Gasteiger partial charge in [0.25, 0.3) is 0 Å². The minimum atomic E-state index is -0.532. The second-order valence-electron chi connectivity index (χ2n) is 7.62. The van der Waals surface area contributed by atoms with Gasteiger partial charge in [-0.3, -0.25) is 9.69 Å². The quantitative estimate of drug-likeness (QED) is 0.645. The van der Waals surface area contributed by atoms with Crippen LogP contribution in [0, 0.1) is 23.1 Å². The number of hydrogen-bond acceptors (Lipinski definition) is 7. The largest absolute Gasteiger partial charge is 0.443 e. The van der Waals surface area contributed by atoms with Gasteiger partial charge in [0, 0.05) is 25.7 Å². The molecule has 0 aliphatic carbocycles. The minimum Gasteiger partial charge on any atom is -0.443 e. The lowest BCUT2D eigenvalue weighted by Gasteiger charge is -2.32. The maximum atomic E-state index is 14.9. The first-order valence-corrected chi connectivity index (χ1v) is 11.1. The second-order valence-corrected chi connectivity index (χ2v) is 8.44. The van der Waals surface area contributed by atoms with E-state index in [-0.39, 0.29) is 17.9 Å². The van der Waals surface area contributed by atoms with E-state index < -0.39 is 11.9 Å². The van der Waals surface area contributed by atoms with Crippen molar-refractivity contribution in [3.8, 4) is 6.07 Å². The number of halogens is 1. The molecule has 3 rings (SSSR count). The van der Waals surface area contributed by atoms with E-state index >= 15 is 0 Å². The number of benzene rings is 1. The Morgan fingerprint density at radius 2 is 2.16 bits per heavy atom. The summed E-state index contributed by atoms with van der Waals surface area (Å²) in [4.78, 5) is 26.5. The summed E-state index contributed by atoms with van der Waals surface area (Å²) in [6, 6.07) is 6.88. The van der Waals surface area contributed by atoms with E-state index in [1.165, 1.54) is 29.8 Å². The lowest BCUT2D eigenvalue weighted by Crippen LogP contribution is -2.33. The number of carbonyl (C=O) groups excluding carboxylic acids is 2. The van der Waals surface area contributed by atoms with Crippen molar-refractivity contribution in [1.82, 2.24) is 4.72 Å². The molecule has 2 aliphatic rings. The van der Waals surface area contributed by atoms with E-state index in [0.717, 1.165) is 5.57 Å². The molecule has 31 heavy (non-hydrogen) atoms. The van der Waals surface area contributed by atoms with Crippen LogP contribution in [0.2, 0.25) is 0 Å². The Hall–Kier alpha value is -2.93. The number of hydrogen-bond donors (Lipinski definition) is 2. The van der Waals surface area contributed by atoms with Gasteiger partial charge in [0.05, 0.1) is 35.7 Å². The molecule has 2 atom stereocenters. The number of carbonyl (C=O) groups is 2. The van der Waals surface area contributed by atoms with Gasteiger partial charge in [-0.15, -0.1) is 0 Å². The minimum absolute atomic E-state index is 0.175. The van der Waals surface area contributed by atoms with Crippen molar-refractivity contribution >= 4 is 35.3 Å². The lowest BCUT2D eigenvalue weighted by molar-refractivity contribution is -0.117. The van der Waals surface area contributed by atoms with Crippen LogP contribution in [-0.4, -0.2) is 43.5 Å². The molecule has 2 heterocycles. The van der Waals surface area contributed by atoms with Crippen LogP contribution in [0.4, 0.5) is 20.6 Å². The van der Waals surface area contributed by atoms with Crippen LogP contribution in [0.25, 0.3) is 0 Å². The Morgan fingerprint density at radius 3 is 2.77 bits per heavy atom. The van der Waals surface area contributed by atoms with E-state index in [4.69, 9.17) is 15.7 Å². The number of nitriles is 1. The fourth-order valence-electron chi connectivity index (χ4n) is 3.66. The van der Waals surface area contributed by atoms with Crippen molar-refractivity contribution in [2.24, 2.45) is 11.7 Å². The number of cyclic esters (lactones) is 1. The Morgan fingerprint density at radius 1 is 1.45 bits per heavy atom. The number of amides is 2. The molecule has 1 aromatic carbocycles. The van der Waals surface area contributed by atoms with Gasteiger partial charge >= 0.3 is 6.09 Å². The van der Waals surface area contributed by atoms with Gasteiger partial charge in [-0.05, 0) is 55.5 Å². The summed E-state index contributed by atoms with van der Waals surface area (Å²) < 4.78 is 22.8. The molecule has 0 unspecified atom stereocenters. The topological polar surface area (TPSA) is 112 Å². The molecule has 2 aliphatic heterocycles. The smallest absolute Gasteiger partial charge is 0.414 e. The first-order valence-electron chi connectivity index (χ1n) is 10.1. The van der Waals surface area contributed by atoms with E-state index in [9.17, 15) is 14.0 Å². The predicted molar refractivity (Wildman–Crippen MR) is 118 cm³/mol. The van der Waals surface area contributed by atoms with Crippen LogP contribution in [0.1, 0.15) is 26.7 Å². The first-order chi connectivity index (χ1) is 14.8.